The SMILES string of the molecule is CC(N)CCCC(C)C(=O)c1ccccc1F. The standard InChI is InChI=1S/C14H20FNO/c1-10(6-5-7-11(2)16)14(17)12-8-3-4-9-13(12)15/h3-4,8-11H,5-7,16H2,1-2H3. The van der Waals surface area contributed by atoms with Crippen molar-refractivity contribution >= 4 is 5.78 Å². The molecule has 0 aromatic heterocycles. The first-order valence-corrected chi connectivity index (χ1v) is 6.06. The highest BCUT2D eigenvalue weighted by Gasteiger charge is 2.17. The summed E-state index contributed by atoms with van der Waals surface area (Å²) in [6.45, 7) is 3.79. The smallest absolute Gasteiger partial charge is 0.168 e. The first-order chi connectivity index (χ1) is 8.02. The fourth-order valence-corrected chi connectivity index (χ4v) is 1.80. The van der Waals surface area contributed by atoms with Crippen molar-refractivity contribution in [1.29, 1.82) is 0 Å². The van der Waals surface area contributed by atoms with Crippen molar-refractivity contribution in [3.8, 4) is 0 Å². The molecule has 2 atom stereocenters. The van der Waals surface area contributed by atoms with Crippen LogP contribution in [0.1, 0.15) is 43.5 Å². The minimum atomic E-state index is -0.434. The predicted octanol–water partition coefficient (Wildman–Crippen LogP) is 3.16. The summed E-state index contributed by atoms with van der Waals surface area (Å²) >= 11 is 0. The van der Waals surface area contributed by atoms with E-state index in [4.69, 9.17) is 5.73 Å². The zero-order chi connectivity index (χ0) is 12.8. The van der Waals surface area contributed by atoms with Crippen LogP contribution in [0, 0.1) is 11.7 Å². The number of ketones is 1. The van der Waals surface area contributed by atoms with Crippen molar-refractivity contribution in [3.63, 3.8) is 0 Å². The van der Waals surface area contributed by atoms with Crippen molar-refractivity contribution in [2.24, 2.45) is 11.7 Å². The number of halogens is 1. The van der Waals surface area contributed by atoms with Crippen LogP contribution in [0.15, 0.2) is 24.3 Å². The van der Waals surface area contributed by atoms with Crippen LogP contribution < -0.4 is 5.73 Å². The van der Waals surface area contributed by atoms with Gasteiger partial charge >= 0.3 is 0 Å². The molecule has 1 aromatic carbocycles. The number of benzene rings is 1. The minimum Gasteiger partial charge on any atom is -0.328 e. The van der Waals surface area contributed by atoms with E-state index in [2.05, 4.69) is 0 Å². The third-order valence-electron chi connectivity index (χ3n) is 2.88. The van der Waals surface area contributed by atoms with Crippen molar-refractivity contribution in [1.82, 2.24) is 0 Å². The van der Waals surface area contributed by atoms with E-state index in [-0.39, 0.29) is 23.3 Å². The number of rotatable bonds is 6. The van der Waals surface area contributed by atoms with Crippen molar-refractivity contribution in [2.45, 2.75) is 39.2 Å². The lowest BCUT2D eigenvalue weighted by Crippen LogP contribution is -2.17. The maximum atomic E-state index is 13.4. The predicted molar refractivity (Wildman–Crippen MR) is 67.4 cm³/mol. The molecule has 0 saturated carbocycles. The maximum absolute atomic E-state index is 13.4. The summed E-state index contributed by atoms with van der Waals surface area (Å²) in [5, 5.41) is 0. The molecular formula is C14H20FNO. The average molecular weight is 237 g/mol. The average Bonchev–Trinajstić information content (AvgIpc) is 2.28. The Balaban J connectivity index is 2.55. The number of carbonyl (C=O) groups is 1. The molecule has 0 heterocycles. The van der Waals surface area contributed by atoms with Gasteiger partial charge in [0.25, 0.3) is 0 Å². The van der Waals surface area contributed by atoms with Crippen LogP contribution in [-0.4, -0.2) is 11.8 Å². The maximum Gasteiger partial charge on any atom is 0.168 e. The van der Waals surface area contributed by atoms with Gasteiger partial charge in [0.05, 0.1) is 5.56 Å². The number of hydrogen-bond acceptors (Lipinski definition) is 2. The molecule has 2 N–H and O–H groups in total. The Morgan fingerprint density at radius 1 is 1.29 bits per heavy atom. The van der Waals surface area contributed by atoms with E-state index in [1.165, 1.54) is 6.07 Å². The molecule has 1 aromatic rings. The van der Waals surface area contributed by atoms with Gasteiger partial charge in [0.1, 0.15) is 5.82 Å². The Bertz CT molecular complexity index is 376. The molecule has 0 saturated heterocycles. The van der Waals surface area contributed by atoms with Gasteiger partial charge in [-0.1, -0.05) is 25.5 Å². The summed E-state index contributed by atoms with van der Waals surface area (Å²) in [4.78, 5) is 12.0. The molecule has 0 amide bonds. The highest BCUT2D eigenvalue weighted by atomic mass is 19.1. The van der Waals surface area contributed by atoms with Crippen molar-refractivity contribution in [3.05, 3.63) is 35.6 Å². The summed E-state index contributed by atoms with van der Waals surface area (Å²) in [5.41, 5.74) is 5.84. The van der Waals surface area contributed by atoms with Crippen LogP contribution in [0.2, 0.25) is 0 Å². The lowest BCUT2D eigenvalue weighted by molar-refractivity contribution is 0.0918. The first kappa shape index (κ1) is 13.8. The Morgan fingerprint density at radius 3 is 2.53 bits per heavy atom. The molecular weight excluding hydrogens is 217 g/mol. The van der Waals surface area contributed by atoms with Gasteiger partial charge < -0.3 is 5.73 Å². The molecule has 17 heavy (non-hydrogen) atoms. The van der Waals surface area contributed by atoms with E-state index in [9.17, 15) is 9.18 Å². The topological polar surface area (TPSA) is 43.1 Å². The Morgan fingerprint density at radius 2 is 1.94 bits per heavy atom. The lowest BCUT2D eigenvalue weighted by Gasteiger charge is -2.11. The second-order valence-corrected chi connectivity index (χ2v) is 4.65. The number of nitrogens with two attached hydrogens (primary N) is 1. The summed E-state index contributed by atoms with van der Waals surface area (Å²) in [6, 6.07) is 6.30. The zero-order valence-corrected chi connectivity index (χ0v) is 10.4. The molecule has 1 rings (SSSR count). The van der Waals surface area contributed by atoms with Gasteiger partial charge in [0.15, 0.2) is 5.78 Å². The van der Waals surface area contributed by atoms with E-state index in [0.29, 0.717) is 0 Å². The number of hydrogen-bond donors (Lipinski definition) is 1. The van der Waals surface area contributed by atoms with E-state index < -0.39 is 5.82 Å². The zero-order valence-electron chi connectivity index (χ0n) is 10.4. The van der Waals surface area contributed by atoms with Gasteiger partial charge in [-0.3, -0.25) is 4.79 Å². The second-order valence-electron chi connectivity index (χ2n) is 4.65. The van der Waals surface area contributed by atoms with E-state index in [1.807, 2.05) is 13.8 Å². The van der Waals surface area contributed by atoms with Gasteiger partial charge in [-0.05, 0) is 31.9 Å². The van der Waals surface area contributed by atoms with Gasteiger partial charge in [-0.25, -0.2) is 4.39 Å². The Labute approximate surface area is 102 Å². The molecule has 2 nitrogen and oxygen atoms in total. The molecule has 0 aliphatic heterocycles. The van der Waals surface area contributed by atoms with Crippen molar-refractivity contribution < 1.29 is 9.18 Å². The van der Waals surface area contributed by atoms with Crippen LogP contribution in [0.4, 0.5) is 4.39 Å². The summed E-state index contributed by atoms with van der Waals surface area (Å²) in [6.07, 6.45) is 2.56. The second kappa shape index (κ2) is 6.50. The molecule has 0 bridgehead atoms. The molecule has 2 unspecified atom stereocenters. The number of Topliss-reactive ketones (excluding diaryl/α,β-unsaturated/α-hetero) is 1. The van der Waals surface area contributed by atoms with Gasteiger partial charge in [-0.15, -0.1) is 0 Å². The van der Waals surface area contributed by atoms with E-state index >= 15 is 0 Å². The molecule has 0 aliphatic carbocycles. The van der Waals surface area contributed by atoms with Crippen LogP contribution in [0.5, 0.6) is 0 Å². The molecule has 0 fully saturated rings. The third-order valence-corrected chi connectivity index (χ3v) is 2.88. The summed E-state index contributed by atoms with van der Waals surface area (Å²) in [7, 11) is 0. The van der Waals surface area contributed by atoms with Crippen LogP contribution in [0.25, 0.3) is 0 Å². The molecule has 3 heteroatoms. The van der Waals surface area contributed by atoms with Gasteiger partial charge in [-0.2, -0.15) is 0 Å². The fraction of sp³-hybridized carbons (Fsp3) is 0.500. The normalized spacial score (nSPS) is 14.4. The highest BCUT2D eigenvalue weighted by Crippen LogP contribution is 2.17. The van der Waals surface area contributed by atoms with Crippen molar-refractivity contribution in [2.75, 3.05) is 0 Å². The molecule has 0 spiro atoms. The Hall–Kier alpha value is -1.22. The van der Waals surface area contributed by atoms with Crippen LogP contribution in [-0.2, 0) is 0 Å². The number of carbonyl (C=O) groups excluding carboxylic acids is 1. The third kappa shape index (κ3) is 4.27. The van der Waals surface area contributed by atoms with Gasteiger partial charge in [0.2, 0.25) is 0 Å². The van der Waals surface area contributed by atoms with Gasteiger partial charge in [0, 0.05) is 12.0 Å². The monoisotopic (exact) mass is 237 g/mol. The Kier molecular flexibility index (Phi) is 5.29. The van der Waals surface area contributed by atoms with Crippen LogP contribution >= 0.6 is 0 Å². The minimum absolute atomic E-state index is 0.118. The molecule has 0 aliphatic rings. The summed E-state index contributed by atoms with van der Waals surface area (Å²) in [5.74, 6) is -0.699. The molecule has 0 radical (unpaired) electrons. The van der Waals surface area contributed by atoms with E-state index in [1.54, 1.807) is 18.2 Å². The summed E-state index contributed by atoms with van der Waals surface area (Å²) < 4.78 is 13.4. The first-order valence-electron chi connectivity index (χ1n) is 6.06. The molecule has 94 valence electrons. The quantitative estimate of drug-likeness (QED) is 0.772. The highest BCUT2D eigenvalue weighted by molar-refractivity contribution is 5.97. The largest absolute Gasteiger partial charge is 0.328 e. The fourth-order valence-electron chi connectivity index (χ4n) is 1.80. The van der Waals surface area contributed by atoms with Crippen LogP contribution in [0.3, 0.4) is 0 Å². The van der Waals surface area contributed by atoms with E-state index in [0.717, 1.165) is 19.3 Å². The lowest BCUT2D eigenvalue weighted by atomic mass is 9.93.